The first-order valence-corrected chi connectivity index (χ1v) is 9.37. The molecule has 3 rings (SSSR count). The lowest BCUT2D eigenvalue weighted by Crippen LogP contribution is -2.13. The van der Waals surface area contributed by atoms with Gasteiger partial charge >= 0.3 is 0 Å². The number of hydrogen-bond donors (Lipinski definition) is 1. The average Bonchev–Trinajstić information content (AvgIpc) is 3.20. The number of nitrogens with one attached hydrogen (secondary N) is 1. The monoisotopic (exact) mass is 408 g/mol. The maximum Gasteiger partial charge on any atom is 0.266 e. The first kappa shape index (κ1) is 20.1. The molecule has 1 aromatic heterocycles. The first-order valence-electron chi connectivity index (χ1n) is 8.55. The molecule has 1 N–H and O–H groups in total. The van der Waals surface area contributed by atoms with Crippen molar-refractivity contribution < 1.29 is 18.7 Å². The number of carbonyl (C=O) groups excluding carboxylic acids is 1. The molecule has 0 radical (unpaired) electrons. The third-order valence-corrected chi connectivity index (χ3v) is 5.12. The Labute approximate surface area is 171 Å². The van der Waals surface area contributed by atoms with Gasteiger partial charge in [0.2, 0.25) is 0 Å². The Morgan fingerprint density at radius 1 is 1.10 bits per heavy atom. The van der Waals surface area contributed by atoms with Gasteiger partial charge in [0.25, 0.3) is 5.91 Å². The second-order valence-corrected chi connectivity index (χ2v) is 6.99. The molecule has 3 aromatic rings. The van der Waals surface area contributed by atoms with Gasteiger partial charge in [-0.15, -0.1) is 11.3 Å². The van der Waals surface area contributed by atoms with Gasteiger partial charge in [-0.05, 0) is 36.4 Å². The molecule has 0 atom stereocenters. The molecule has 0 aliphatic carbocycles. The van der Waals surface area contributed by atoms with Crippen LogP contribution in [-0.2, 0) is 4.79 Å². The summed E-state index contributed by atoms with van der Waals surface area (Å²) in [6.45, 7) is 0. The van der Waals surface area contributed by atoms with Crippen molar-refractivity contribution in [2.24, 2.45) is 0 Å². The summed E-state index contributed by atoms with van der Waals surface area (Å²) >= 11 is 1.29. The number of rotatable bonds is 6. The molecule has 5 nitrogen and oxygen atoms in total. The number of carbonyl (C=O) groups is 1. The molecule has 2 aromatic carbocycles. The molecule has 0 bridgehead atoms. The van der Waals surface area contributed by atoms with E-state index in [0.717, 1.165) is 0 Å². The van der Waals surface area contributed by atoms with E-state index < -0.39 is 5.91 Å². The highest BCUT2D eigenvalue weighted by Gasteiger charge is 2.13. The van der Waals surface area contributed by atoms with Gasteiger partial charge in [-0.25, -0.2) is 4.39 Å². The molecular formula is C22H17FN2O3S. The van der Waals surface area contributed by atoms with Crippen molar-refractivity contribution in [2.45, 2.75) is 0 Å². The molecule has 0 fully saturated rings. The summed E-state index contributed by atoms with van der Waals surface area (Å²) < 4.78 is 24.3. The lowest BCUT2D eigenvalue weighted by Gasteiger charge is -2.10. The van der Waals surface area contributed by atoms with E-state index in [1.54, 1.807) is 48.5 Å². The summed E-state index contributed by atoms with van der Waals surface area (Å²) in [6.07, 6.45) is 1.48. The molecule has 0 saturated heterocycles. The van der Waals surface area contributed by atoms with Crippen LogP contribution in [0, 0.1) is 17.1 Å². The Balaban J connectivity index is 1.81. The molecule has 1 amide bonds. The molecule has 1 heterocycles. The third kappa shape index (κ3) is 4.62. The largest absolute Gasteiger partial charge is 0.493 e. The summed E-state index contributed by atoms with van der Waals surface area (Å²) in [5, 5.41) is 12.1. The number of benzene rings is 2. The van der Waals surface area contributed by atoms with Crippen molar-refractivity contribution in [1.29, 1.82) is 5.26 Å². The second-order valence-electron chi connectivity index (χ2n) is 5.88. The fourth-order valence-electron chi connectivity index (χ4n) is 2.64. The highest BCUT2D eigenvalue weighted by atomic mass is 32.1. The minimum absolute atomic E-state index is 0.0679. The molecule has 0 saturated carbocycles. The molecule has 0 spiro atoms. The zero-order valence-electron chi connectivity index (χ0n) is 15.7. The topological polar surface area (TPSA) is 71.3 Å². The smallest absolute Gasteiger partial charge is 0.266 e. The van der Waals surface area contributed by atoms with Gasteiger partial charge in [-0.3, -0.25) is 4.79 Å². The van der Waals surface area contributed by atoms with E-state index >= 15 is 0 Å². The highest BCUT2D eigenvalue weighted by molar-refractivity contribution is 7.16. The third-order valence-electron chi connectivity index (χ3n) is 4.06. The average molecular weight is 408 g/mol. The SMILES string of the molecule is COc1ccc(NC(=O)/C(C#N)=C/c2ccc(-c3ccccc3F)s2)cc1OC. The van der Waals surface area contributed by atoms with Crippen molar-refractivity contribution in [3.05, 3.63) is 70.9 Å². The van der Waals surface area contributed by atoms with Crippen LogP contribution >= 0.6 is 11.3 Å². The van der Waals surface area contributed by atoms with Gasteiger partial charge in [0.05, 0.1) is 14.2 Å². The normalized spacial score (nSPS) is 10.9. The van der Waals surface area contributed by atoms with Crippen LogP contribution in [0.1, 0.15) is 4.88 Å². The summed E-state index contributed by atoms with van der Waals surface area (Å²) in [4.78, 5) is 13.9. The Morgan fingerprint density at radius 3 is 2.55 bits per heavy atom. The predicted octanol–water partition coefficient (Wildman–Crippen LogP) is 5.12. The van der Waals surface area contributed by atoms with E-state index in [4.69, 9.17) is 9.47 Å². The molecule has 0 aliphatic heterocycles. The Bertz CT molecular complexity index is 1120. The fourth-order valence-corrected chi connectivity index (χ4v) is 3.62. The molecule has 0 unspecified atom stereocenters. The van der Waals surface area contributed by atoms with Gasteiger partial charge < -0.3 is 14.8 Å². The van der Waals surface area contributed by atoms with E-state index in [0.29, 0.717) is 32.5 Å². The fraction of sp³-hybridized carbons (Fsp3) is 0.0909. The Hall–Kier alpha value is -3.63. The molecule has 0 aliphatic rings. The molecule has 29 heavy (non-hydrogen) atoms. The van der Waals surface area contributed by atoms with Crippen molar-refractivity contribution in [1.82, 2.24) is 0 Å². The molecule has 7 heteroatoms. The van der Waals surface area contributed by atoms with Crippen LogP contribution in [0.3, 0.4) is 0 Å². The van der Waals surface area contributed by atoms with Gasteiger partial charge in [-0.1, -0.05) is 18.2 Å². The number of halogens is 1. The van der Waals surface area contributed by atoms with Crippen LogP contribution in [0.25, 0.3) is 16.5 Å². The number of methoxy groups -OCH3 is 2. The lowest BCUT2D eigenvalue weighted by molar-refractivity contribution is -0.112. The molecular weight excluding hydrogens is 391 g/mol. The van der Waals surface area contributed by atoms with Crippen LogP contribution in [0.2, 0.25) is 0 Å². The van der Waals surface area contributed by atoms with E-state index in [9.17, 15) is 14.4 Å². The number of nitrogens with zero attached hydrogens (tertiary/aromatic N) is 1. The van der Waals surface area contributed by atoms with Crippen molar-refractivity contribution in [3.8, 4) is 28.0 Å². The summed E-state index contributed by atoms with van der Waals surface area (Å²) in [5.74, 6) is 0.110. The van der Waals surface area contributed by atoms with Crippen molar-refractivity contribution in [3.63, 3.8) is 0 Å². The quantitative estimate of drug-likeness (QED) is 0.454. The van der Waals surface area contributed by atoms with Crippen LogP contribution in [0.5, 0.6) is 11.5 Å². The Kier molecular flexibility index (Phi) is 6.27. The zero-order valence-corrected chi connectivity index (χ0v) is 16.5. The number of ether oxygens (including phenoxy) is 2. The zero-order chi connectivity index (χ0) is 20.8. The van der Waals surface area contributed by atoms with Crippen molar-refractivity contribution >= 4 is 29.0 Å². The summed E-state index contributed by atoms with van der Waals surface area (Å²) in [6, 6.07) is 16.8. The minimum Gasteiger partial charge on any atom is -0.493 e. The number of thiophene rings is 1. The van der Waals surface area contributed by atoms with Gasteiger partial charge in [0.15, 0.2) is 11.5 Å². The number of hydrogen-bond acceptors (Lipinski definition) is 5. The first-order chi connectivity index (χ1) is 14.0. The molecule has 146 valence electrons. The van der Waals surface area contributed by atoms with Gasteiger partial charge in [-0.2, -0.15) is 5.26 Å². The van der Waals surface area contributed by atoms with Crippen LogP contribution in [-0.4, -0.2) is 20.1 Å². The van der Waals surface area contributed by atoms with Gasteiger partial charge in [0, 0.05) is 27.1 Å². The maximum atomic E-state index is 14.0. The van der Waals surface area contributed by atoms with Crippen molar-refractivity contribution in [2.75, 3.05) is 19.5 Å². The predicted molar refractivity (Wildman–Crippen MR) is 111 cm³/mol. The summed E-state index contributed by atoms with van der Waals surface area (Å²) in [7, 11) is 3.01. The van der Waals surface area contributed by atoms with Crippen LogP contribution < -0.4 is 14.8 Å². The lowest BCUT2D eigenvalue weighted by atomic mass is 10.2. The number of nitriles is 1. The Morgan fingerprint density at radius 2 is 1.86 bits per heavy atom. The second kappa shape index (κ2) is 9.04. The standard InChI is InChI=1S/C22H17FN2O3S/c1-27-19-9-7-15(12-20(19)28-2)25-22(26)14(13-24)11-16-8-10-21(29-16)17-5-3-4-6-18(17)23/h3-12H,1-2H3,(H,25,26)/b14-11+. The number of amides is 1. The van der Waals surface area contributed by atoms with Crippen LogP contribution in [0.4, 0.5) is 10.1 Å². The van der Waals surface area contributed by atoms with E-state index in [2.05, 4.69) is 5.32 Å². The van der Waals surface area contributed by atoms with E-state index in [-0.39, 0.29) is 11.4 Å². The van der Waals surface area contributed by atoms with E-state index in [1.165, 1.54) is 37.7 Å². The van der Waals surface area contributed by atoms with E-state index in [1.807, 2.05) is 6.07 Å². The van der Waals surface area contributed by atoms with Gasteiger partial charge in [0.1, 0.15) is 17.5 Å². The number of anilines is 1. The highest BCUT2D eigenvalue weighted by Crippen LogP contribution is 2.32. The maximum absolute atomic E-state index is 14.0. The van der Waals surface area contributed by atoms with Crippen LogP contribution in [0.15, 0.2) is 60.2 Å². The minimum atomic E-state index is -0.555. The summed E-state index contributed by atoms with van der Waals surface area (Å²) in [5.41, 5.74) is 0.874.